The first-order valence-electron chi connectivity index (χ1n) is 9.02. The van der Waals surface area contributed by atoms with Crippen molar-refractivity contribution in [3.63, 3.8) is 0 Å². The number of hydrogen-bond acceptors (Lipinski definition) is 4. The normalized spacial score (nSPS) is 14.6. The van der Waals surface area contributed by atoms with Crippen LogP contribution in [-0.4, -0.2) is 50.4 Å². The Morgan fingerprint density at radius 1 is 1.15 bits per heavy atom. The Balaban J connectivity index is 1.43. The molecule has 0 aromatic heterocycles. The third-order valence-corrected chi connectivity index (χ3v) is 5.19. The molecule has 2 amide bonds. The number of para-hydroxylation sites is 1. The highest BCUT2D eigenvalue weighted by molar-refractivity contribution is 14.1. The van der Waals surface area contributed by atoms with Crippen molar-refractivity contribution in [2.75, 3.05) is 44.8 Å². The van der Waals surface area contributed by atoms with Gasteiger partial charge in [-0.3, -0.25) is 4.90 Å². The number of halogens is 1. The van der Waals surface area contributed by atoms with Gasteiger partial charge >= 0.3 is 6.03 Å². The summed E-state index contributed by atoms with van der Waals surface area (Å²) in [5.74, 6) is 0.820. The molecular weight excluding hydrogens is 457 g/mol. The third-order valence-electron chi connectivity index (χ3n) is 4.25. The molecule has 1 saturated heterocycles. The summed E-state index contributed by atoms with van der Waals surface area (Å²) in [6.07, 6.45) is 0. The van der Waals surface area contributed by atoms with E-state index in [2.05, 4.69) is 38.1 Å². The molecule has 3 rings (SSSR count). The fourth-order valence-electron chi connectivity index (χ4n) is 2.77. The van der Waals surface area contributed by atoms with Gasteiger partial charge in [-0.15, -0.1) is 0 Å². The molecule has 1 heterocycles. The summed E-state index contributed by atoms with van der Waals surface area (Å²) in [5.41, 5.74) is 1.80. The van der Waals surface area contributed by atoms with Crippen LogP contribution < -0.4 is 15.4 Å². The maximum absolute atomic E-state index is 12.1. The second-order valence-corrected chi connectivity index (χ2v) is 7.40. The van der Waals surface area contributed by atoms with Gasteiger partial charge < -0.3 is 20.1 Å². The van der Waals surface area contributed by atoms with E-state index in [1.54, 1.807) is 0 Å². The van der Waals surface area contributed by atoms with Crippen LogP contribution in [0.4, 0.5) is 10.5 Å². The lowest BCUT2D eigenvalue weighted by Crippen LogP contribution is -2.38. The predicted octanol–water partition coefficient (Wildman–Crippen LogP) is 3.32. The minimum absolute atomic E-state index is 0.224. The average molecular weight is 481 g/mol. The Labute approximate surface area is 173 Å². The van der Waals surface area contributed by atoms with E-state index in [1.165, 1.54) is 0 Å². The molecule has 1 aliphatic rings. The van der Waals surface area contributed by atoms with Gasteiger partial charge in [-0.1, -0.05) is 24.3 Å². The SMILES string of the molecule is O=C(NCc1cccc(OCCN2CCOCC2)c1)Nc1ccccc1I. The molecule has 2 aromatic rings. The van der Waals surface area contributed by atoms with Gasteiger partial charge in [0.1, 0.15) is 12.4 Å². The summed E-state index contributed by atoms with van der Waals surface area (Å²) in [6, 6.07) is 15.3. The molecule has 0 radical (unpaired) electrons. The number of benzene rings is 2. The zero-order valence-electron chi connectivity index (χ0n) is 15.1. The highest BCUT2D eigenvalue weighted by Gasteiger charge is 2.10. The van der Waals surface area contributed by atoms with Crippen molar-refractivity contribution in [3.05, 3.63) is 57.7 Å². The average Bonchev–Trinajstić information content (AvgIpc) is 2.69. The van der Waals surface area contributed by atoms with Crippen molar-refractivity contribution in [2.45, 2.75) is 6.54 Å². The minimum Gasteiger partial charge on any atom is -0.492 e. The van der Waals surface area contributed by atoms with E-state index in [1.807, 2.05) is 48.5 Å². The first-order chi connectivity index (χ1) is 13.2. The van der Waals surface area contributed by atoms with E-state index in [9.17, 15) is 4.79 Å². The Hall–Kier alpha value is -1.84. The van der Waals surface area contributed by atoms with Crippen molar-refractivity contribution in [3.8, 4) is 5.75 Å². The van der Waals surface area contributed by atoms with Crippen LogP contribution in [0.3, 0.4) is 0 Å². The fourth-order valence-corrected chi connectivity index (χ4v) is 3.30. The number of nitrogens with one attached hydrogen (secondary N) is 2. The molecule has 1 aliphatic heterocycles. The fraction of sp³-hybridized carbons (Fsp3) is 0.350. The van der Waals surface area contributed by atoms with Gasteiger partial charge in [0.15, 0.2) is 0 Å². The standard InChI is InChI=1S/C20H24IN3O3/c21-18-6-1-2-7-19(18)23-20(25)22-15-16-4-3-5-17(14-16)27-13-10-24-8-11-26-12-9-24/h1-7,14H,8-13,15H2,(H2,22,23,25). The van der Waals surface area contributed by atoms with E-state index in [4.69, 9.17) is 9.47 Å². The number of ether oxygens (including phenoxy) is 2. The number of urea groups is 1. The molecule has 27 heavy (non-hydrogen) atoms. The van der Waals surface area contributed by atoms with Gasteiger partial charge in [-0.2, -0.15) is 0 Å². The summed E-state index contributed by atoms with van der Waals surface area (Å²) in [7, 11) is 0. The Morgan fingerprint density at radius 2 is 1.96 bits per heavy atom. The highest BCUT2D eigenvalue weighted by Crippen LogP contribution is 2.17. The molecule has 0 atom stereocenters. The summed E-state index contributed by atoms with van der Waals surface area (Å²) < 4.78 is 12.2. The van der Waals surface area contributed by atoms with Crippen molar-refractivity contribution in [2.24, 2.45) is 0 Å². The number of hydrogen-bond donors (Lipinski definition) is 2. The maximum Gasteiger partial charge on any atom is 0.319 e. The molecule has 0 saturated carbocycles. The summed E-state index contributed by atoms with van der Waals surface area (Å²) in [6.45, 7) is 5.49. The van der Waals surface area contributed by atoms with Gasteiger partial charge in [0, 0.05) is 29.7 Å². The summed E-state index contributed by atoms with van der Waals surface area (Å²) in [4.78, 5) is 14.4. The van der Waals surface area contributed by atoms with Crippen LogP contribution in [0.1, 0.15) is 5.56 Å². The second kappa shape index (κ2) is 10.5. The molecule has 1 fully saturated rings. The van der Waals surface area contributed by atoms with Crippen molar-refractivity contribution in [1.82, 2.24) is 10.2 Å². The number of morpholine rings is 1. The second-order valence-electron chi connectivity index (χ2n) is 6.24. The first kappa shape index (κ1) is 19.9. The monoisotopic (exact) mass is 481 g/mol. The van der Waals surface area contributed by atoms with Gasteiger partial charge in [0.05, 0.1) is 18.9 Å². The molecule has 2 aromatic carbocycles. The summed E-state index contributed by atoms with van der Waals surface area (Å²) >= 11 is 2.20. The minimum atomic E-state index is -0.224. The van der Waals surface area contributed by atoms with E-state index in [0.717, 1.165) is 53.4 Å². The van der Waals surface area contributed by atoms with E-state index in [-0.39, 0.29) is 6.03 Å². The largest absolute Gasteiger partial charge is 0.492 e. The van der Waals surface area contributed by atoms with Crippen LogP contribution in [0.25, 0.3) is 0 Å². The number of carbonyl (C=O) groups excluding carboxylic acids is 1. The molecule has 0 spiro atoms. The Morgan fingerprint density at radius 3 is 2.78 bits per heavy atom. The molecule has 0 unspecified atom stereocenters. The molecule has 7 heteroatoms. The van der Waals surface area contributed by atoms with Crippen molar-refractivity contribution < 1.29 is 14.3 Å². The first-order valence-corrected chi connectivity index (χ1v) is 10.1. The van der Waals surface area contributed by atoms with Gasteiger partial charge in [-0.05, 0) is 52.4 Å². The molecule has 2 N–H and O–H groups in total. The van der Waals surface area contributed by atoms with Crippen LogP contribution in [0.2, 0.25) is 0 Å². The highest BCUT2D eigenvalue weighted by atomic mass is 127. The topological polar surface area (TPSA) is 62.8 Å². The van der Waals surface area contributed by atoms with Crippen LogP contribution >= 0.6 is 22.6 Å². The number of anilines is 1. The summed E-state index contributed by atoms with van der Waals surface area (Å²) in [5, 5.41) is 5.74. The maximum atomic E-state index is 12.1. The smallest absolute Gasteiger partial charge is 0.319 e. The molecule has 0 aliphatic carbocycles. The zero-order chi connectivity index (χ0) is 18.9. The molecule has 0 bridgehead atoms. The van der Waals surface area contributed by atoms with Crippen molar-refractivity contribution >= 4 is 34.3 Å². The molecule has 6 nitrogen and oxygen atoms in total. The third kappa shape index (κ3) is 6.67. The number of rotatable bonds is 7. The van der Waals surface area contributed by atoms with Gasteiger partial charge in [-0.25, -0.2) is 4.79 Å². The zero-order valence-corrected chi connectivity index (χ0v) is 17.3. The number of carbonyl (C=O) groups is 1. The lowest BCUT2D eigenvalue weighted by atomic mass is 10.2. The lowest BCUT2D eigenvalue weighted by Gasteiger charge is -2.26. The van der Waals surface area contributed by atoms with Crippen LogP contribution in [0, 0.1) is 3.57 Å². The molecule has 144 valence electrons. The predicted molar refractivity (Wildman–Crippen MR) is 114 cm³/mol. The Bertz CT molecular complexity index is 751. The van der Waals surface area contributed by atoms with E-state index < -0.39 is 0 Å². The molecular formula is C20H24IN3O3. The van der Waals surface area contributed by atoms with Gasteiger partial charge in [0.2, 0.25) is 0 Å². The Kier molecular flexibility index (Phi) is 7.73. The van der Waals surface area contributed by atoms with Crippen LogP contribution in [-0.2, 0) is 11.3 Å². The van der Waals surface area contributed by atoms with E-state index >= 15 is 0 Å². The van der Waals surface area contributed by atoms with Crippen LogP contribution in [0.5, 0.6) is 5.75 Å². The quantitative estimate of drug-likeness (QED) is 0.596. The van der Waals surface area contributed by atoms with E-state index in [0.29, 0.717) is 13.2 Å². The van der Waals surface area contributed by atoms with Crippen LogP contribution in [0.15, 0.2) is 48.5 Å². The lowest BCUT2D eigenvalue weighted by molar-refractivity contribution is 0.0322. The van der Waals surface area contributed by atoms with Crippen molar-refractivity contribution in [1.29, 1.82) is 0 Å². The number of amides is 2. The van der Waals surface area contributed by atoms with Gasteiger partial charge in [0.25, 0.3) is 0 Å². The number of nitrogens with zero attached hydrogens (tertiary/aromatic N) is 1.